The third-order valence-corrected chi connectivity index (χ3v) is 6.97. The van der Waals surface area contributed by atoms with Crippen LogP contribution in [-0.4, -0.2) is 44.8 Å². The highest BCUT2D eigenvalue weighted by molar-refractivity contribution is 7.20. The Labute approximate surface area is 167 Å². The van der Waals surface area contributed by atoms with Crippen LogP contribution in [0, 0.1) is 18.3 Å². The van der Waals surface area contributed by atoms with Crippen LogP contribution in [0.5, 0.6) is 0 Å². The summed E-state index contributed by atoms with van der Waals surface area (Å²) >= 11 is 1.41. The second-order valence-electron chi connectivity index (χ2n) is 7.75. The predicted octanol–water partition coefficient (Wildman–Crippen LogP) is 3.97. The molecule has 0 spiro atoms. The molecule has 3 aromatic rings. The summed E-state index contributed by atoms with van der Waals surface area (Å²) in [5, 5.41) is 15.3. The number of carboxylic acid groups (broad SMARTS) is 1. The number of thiophene rings is 1. The average molecular weight is 398 g/mol. The Balaban J connectivity index is 1.67. The number of rotatable bonds is 4. The zero-order chi connectivity index (χ0) is 20.1. The zero-order valence-electron chi connectivity index (χ0n) is 16.2. The summed E-state index contributed by atoms with van der Waals surface area (Å²) in [4.78, 5) is 28.2. The lowest BCUT2D eigenvalue weighted by Crippen LogP contribution is -2.40. The summed E-state index contributed by atoms with van der Waals surface area (Å²) in [6.07, 6.45) is 0.494. The number of para-hydroxylation sites is 1. The maximum absolute atomic E-state index is 13.1. The number of nitrogens with zero attached hydrogens (tertiary/aromatic N) is 3. The number of carbonyl (C=O) groups is 2. The topological polar surface area (TPSA) is 75.4 Å². The van der Waals surface area contributed by atoms with Crippen LogP contribution in [0.25, 0.3) is 15.9 Å². The van der Waals surface area contributed by atoms with E-state index >= 15 is 0 Å². The predicted molar refractivity (Wildman–Crippen MR) is 109 cm³/mol. The molecule has 0 aliphatic carbocycles. The minimum absolute atomic E-state index is 0.0286. The van der Waals surface area contributed by atoms with Gasteiger partial charge in [0.1, 0.15) is 4.83 Å². The summed E-state index contributed by atoms with van der Waals surface area (Å²) < 4.78 is 1.87. The molecular formula is C21H23N3O3S. The van der Waals surface area contributed by atoms with Crippen molar-refractivity contribution < 1.29 is 14.7 Å². The molecule has 1 fully saturated rings. The number of aliphatic carboxylic acids is 1. The van der Waals surface area contributed by atoms with Crippen molar-refractivity contribution in [2.75, 3.05) is 13.1 Å². The first kappa shape index (κ1) is 18.7. The first-order valence-corrected chi connectivity index (χ1v) is 10.2. The second-order valence-corrected chi connectivity index (χ2v) is 8.79. The van der Waals surface area contributed by atoms with Crippen LogP contribution in [0.2, 0.25) is 0 Å². The van der Waals surface area contributed by atoms with E-state index in [1.807, 2.05) is 61.9 Å². The highest BCUT2D eigenvalue weighted by Crippen LogP contribution is 2.39. The quantitative estimate of drug-likeness (QED) is 0.723. The van der Waals surface area contributed by atoms with Gasteiger partial charge in [0.15, 0.2) is 0 Å². The van der Waals surface area contributed by atoms with Gasteiger partial charge in [0.25, 0.3) is 5.91 Å². The molecule has 1 aliphatic rings. The van der Waals surface area contributed by atoms with Gasteiger partial charge < -0.3 is 10.0 Å². The van der Waals surface area contributed by atoms with E-state index in [0.29, 0.717) is 17.8 Å². The van der Waals surface area contributed by atoms with Crippen molar-refractivity contribution >= 4 is 33.4 Å². The molecular weight excluding hydrogens is 374 g/mol. The Morgan fingerprint density at radius 3 is 2.57 bits per heavy atom. The van der Waals surface area contributed by atoms with E-state index in [4.69, 9.17) is 0 Å². The van der Waals surface area contributed by atoms with Gasteiger partial charge in [-0.1, -0.05) is 32.0 Å². The third-order valence-electron chi connectivity index (χ3n) is 5.88. The van der Waals surface area contributed by atoms with E-state index in [-0.39, 0.29) is 18.4 Å². The zero-order valence-corrected chi connectivity index (χ0v) is 17.0. The maximum atomic E-state index is 13.1. The molecule has 146 valence electrons. The molecule has 28 heavy (non-hydrogen) atoms. The molecule has 2 aromatic heterocycles. The number of amides is 1. The molecule has 0 saturated carbocycles. The Kier molecular flexibility index (Phi) is 4.50. The van der Waals surface area contributed by atoms with E-state index in [1.165, 1.54) is 11.3 Å². The SMILES string of the molecule is Cc1nn(-c2ccccc2)c2sc(C(=O)N3CCC(C(=O)O)(C(C)C)C3)cc12. The van der Waals surface area contributed by atoms with Gasteiger partial charge in [-0.15, -0.1) is 11.3 Å². The highest BCUT2D eigenvalue weighted by atomic mass is 32.1. The van der Waals surface area contributed by atoms with Crippen molar-refractivity contribution in [3.8, 4) is 5.69 Å². The van der Waals surface area contributed by atoms with Gasteiger partial charge in [0.2, 0.25) is 0 Å². The summed E-state index contributed by atoms with van der Waals surface area (Å²) in [5.41, 5.74) is 0.966. The molecule has 1 unspecified atom stereocenters. The molecule has 4 rings (SSSR count). The molecule has 0 bridgehead atoms. The van der Waals surface area contributed by atoms with Crippen LogP contribution in [-0.2, 0) is 4.79 Å². The van der Waals surface area contributed by atoms with Crippen molar-refractivity contribution in [1.29, 1.82) is 0 Å². The molecule has 1 amide bonds. The van der Waals surface area contributed by atoms with E-state index in [0.717, 1.165) is 21.6 Å². The van der Waals surface area contributed by atoms with Crippen molar-refractivity contribution in [3.05, 3.63) is 47.0 Å². The average Bonchev–Trinajstić information content (AvgIpc) is 3.37. The number of hydrogen-bond donors (Lipinski definition) is 1. The van der Waals surface area contributed by atoms with Crippen molar-refractivity contribution in [2.45, 2.75) is 27.2 Å². The van der Waals surface area contributed by atoms with Gasteiger partial charge in [-0.3, -0.25) is 9.59 Å². The molecule has 7 heteroatoms. The Bertz CT molecular complexity index is 1050. The van der Waals surface area contributed by atoms with Gasteiger partial charge in [0, 0.05) is 18.5 Å². The number of fused-ring (bicyclic) bond motifs is 1. The Hall–Kier alpha value is -2.67. The minimum Gasteiger partial charge on any atom is -0.481 e. The van der Waals surface area contributed by atoms with Crippen LogP contribution in [0.15, 0.2) is 36.4 Å². The fourth-order valence-electron chi connectivity index (χ4n) is 3.95. The molecule has 1 N–H and O–H groups in total. The van der Waals surface area contributed by atoms with E-state index < -0.39 is 11.4 Å². The lowest BCUT2D eigenvalue weighted by atomic mass is 9.76. The largest absolute Gasteiger partial charge is 0.481 e. The molecule has 3 heterocycles. The molecule has 1 aliphatic heterocycles. The van der Waals surface area contributed by atoms with Crippen molar-refractivity contribution in [3.63, 3.8) is 0 Å². The smallest absolute Gasteiger partial charge is 0.311 e. The summed E-state index contributed by atoms with van der Waals surface area (Å²) in [5.74, 6) is -0.937. The first-order chi connectivity index (χ1) is 13.3. The molecule has 0 radical (unpaired) electrons. The standard InChI is InChI=1S/C21H23N3O3S/c1-13(2)21(20(26)27)9-10-23(12-21)18(25)17-11-16-14(3)22-24(19(16)28-17)15-7-5-4-6-8-15/h4-8,11,13H,9-10,12H2,1-3H3,(H,26,27). The fourth-order valence-corrected chi connectivity index (χ4v) is 5.10. The molecule has 1 aromatic carbocycles. The normalized spacial score (nSPS) is 19.6. The molecule has 1 atom stereocenters. The number of aryl methyl sites for hydroxylation is 1. The van der Waals surface area contributed by atoms with E-state index in [2.05, 4.69) is 5.10 Å². The summed E-state index contributed by atoms with van der Waals surface area (Å²) in [6.45, 7) is 6.50. The second kappa shape index (κ2) is 6.74. The van der Waals surface area contributed by atoms with E-state index in [9.17, 15) is 14.7 Å². The van der Waals surface area contributed by atoms with Crippen LogP contribution in [0.3, 0.4) is 0 Å². The van der Waals surface area contributed by atoms with Gasteiger partial charge in [-0.2, -0.15) is 5.10 Å². The number of aromatic nitrogens is 2. The minimum atomic E-state index is -0.858. The Morgan fingerprint density at radius 2 is 1.96 bits per heavy atom. The number of hydrogen-bond acceptors (Lipinski definition) is 4. The third kappa shape index (κ3) is 2.81. The van der Waals surface area contributed by atoms with Crippen LogP contribution in [0.1, 0.15) is 35.6 Å². The summed E-state index contributed by atoms with van der Waals surface area (Å²) in [7, 11) is 0. The van der Waals surface area contributed by atoms with Gasteiger partial charge in [-0.05, 0) is 37.5 Å². The number of likely N-dealkylation sites (tertiary alicyclic amines) is 1. The number of carbonyl (C=O) groups excluding carboxylic acids is 1. The number of carboxylic acids is 1. The van der Waals surface area contributed by atoms with Gasteiger partial charge >= 0.3 is 5.97 Å². The highest BCUT2D eigenvalue weighted by Gasteiger charge is 2.48. The molecule has 6 nitrogen and oxygen atoms in total. The van der Waals surface area contributed by atoms with Crippen molar-refractivity contribution in [1.82, 2.24) is 14.7 Å². The number of benzene rings is 1. The van der Waals surface area contributed by atoms with Gasteiger partial charge in [0.05, 0.1) is 21.7 Å². The van der Waals surface area contributed by atoms with E-state index in [1.54, 1.807) is 4.90 Å². The van der Waals surface area contributed by atoms with Crippen LogP contribution < -0.4 is 0 Å². The maximum Gasteiger partial charge on any atom is 0.311 e. The molecule has 1 saturated heterocycles. The van der Waals surface area contributed by atoms with Crippen LogP contribution >= 0.6 is 11.3 Å². The summed E-state index contributed by atoms with van der Waals surface area (Å²) in [6, 6.07) is 11.7. The van der Waals surface area contributed by atoms with Crippen LogP contribution in [0.4, 0.5) is 0 Å². The Morgan fingerprint density at radius 1 is 1.25 bits per heavy atom. The monoisotopic (exact) mass is 397 g/mol. The van der Waals surface area contributed by atoms with Gasteiger partial charge in [-0.25, -0.2) is 4.68 Å². The van der Waals surface area contributed by atoms with Crippen molar-refractivity contribution in [2.24, 2.45) is 11.3 Å². The first-order valence-electron chi connectivity index (χ1n) is 9.41. The fraction of sp³-hybridized carbons (Fsp3) is 0.381. The lowest BCUT2D eigenvalue weighted by Gasteiger charge is -2.28. The lowest BCUT2D eigenvalue weighted by molar-refractivity contribution is -0.150.